The van der Waals surface area contributed by atoms with E-state index in [1.54, 1.807) is 18.3 Å². The summed E-state index contributed by atoms with van der Waals surface area (Å²) in [6, 6.07) is 5.41. The molecule has 0 unspecified atom stereocenters. The van der Waals surface area contributed by atoms with Crippen LogP contribution in [0.4, 0.5) is 0 Å². The van der Waals surface area contributed by atoms with Gasteiger partial charge in [-0.25, -0.2) is 9.78 Å². The molecule has 1 aromatic heterocycles. The third-order valence-corrected chi connectivity index (χ3v) is 2.82. The van der Waals surface area contributed by atoms with Crippen LogP contribution in [0.1, 0.15) is 11.4 Å². The summed E-state index contributed by atoms with van der Waals surface area (Å²) in [5.41, 5.74) is 1.56. The smallest absolute Gasteiger partial charge is 0.328 e. The molecule has 0 fully saturated rings. The summed E-state index contributed by atoms with van der Waals surface area (Å²) in [6.07, 6.45) is 6.08. The summed E-state index contributed by atoms with van der Waals surface area (Å²) < 4.78 is 1.90. The predicted octanol–water partition coefficient (Wildman–Crippen LogP) is 2.93. The van der Waals surface area contributed by atoms with Gasteiger partial charge < -0.3 is 9.67 Å². The molecule has 0 saturated carbocycles. The van der Waals surface area contributed by atoms with Crippen LogP contribution in [0.5, 0.6) is 0 Å². The monoisotopic (exact) mass is 262 g/mol. The van der Waals surface area contributed by atoms with Gasteiger partial charge in [0, 0.05) is 29.2 Å². The zero-order chi connectivity index (χ0) is 13.1. The highest BCUT2D eigenvalue weighted by Crippen LogP contribution is 2.22. The molecule has 1 aromatic carbocycles. The standard InChI is InChI=1S/C13H11ClN2O2/c1-9-15-6-7-16(9)11-4-2-10(12(14)8-11)3-5-13(17)18/h2-8H,1H3,(H,17,18)/b5-3+. The maximum absolute atomic E-state index is 10.4. The Morgan fingerprint density at radius 2 is 2.28 bits per heavy atom. The molecule has 0 radical (unpaired) electrons. The lowest BCUT2D eigenvalue weighted by atomic mass is 10.2. The maximum Gasteiger partial charge on any atom is 0.328 e. The summed E-state index contributed by atoms with van der Waals surface area (Å²) in [6.45, 7) is 1.89. The van der Waals surface area contributed by atoms with Gasteiger partial charge in [-0.2, -0.15) is 0 Å². The zero-order valence-corrected chi connectivity index (χ0v) is 10.4. The van der Waals surface area contributed by atoms with Crippen LogP contribution in [-0.4, -0.2) is 20.6 Å². The van der Waals surface area contributed by atoms with Crippen LogP contribution in [0.2, 0.25) is 5.02 Å². The van der Waals surface area contributed by atoms with E-state index in [0.29, 0.717) is 10.6 Å². The predicted molar refractivity (Wildman–Crippen MR) is 70.0 cm³/mol. The van der Waals surface area contributed by atoms with Crippen molar-refractivity contribution in [2.45, 2.75) is 6.92 Å². The Labute approximate surface area is 109 Å². The number of rotatable bonds is 3. The molecule has 0 amide bonds. The van der Waals surface area contributed by atoms with Crippen molar-refractivity contribution in [2.75, 3.05) is 0 Å². The minimum Gasteiger partial charge on any atom is -0.478 e. The van der Waals surface area contributed by atoms with Crippen LogP contribution < -0.4 is 0 Å². The van der Waals surface area contributed by atoms with E-state index in [-0.39, 0.29) is 0 Å². The third kappa shape index (κ3) is 2.60. The average Bonchev–Trinajstić information content (AvgIpc) is 2.73. The van der Waals surface area contributed by atoms with Gasteiger partial charge in [0.05, 0.1) is 0 Å². The molecular weight excluding hydrogens is 252 g/mol. The van der Waals surface area contributed by atoms with E-state index in [9.17, 15) is 4.79 Å². The van der Waals surface area contributed by atoms with Crippen molar-refractivity contribution in [1.82, 2.24) is 9.55 Å². The summed E-state index contributed by atoms with van der Waals surface area (Å²) in [4.78, 5) is 14.6. The number of hydrogen-bond donors (Lipinski definition) is 1. The van der Waals surface area contributed by atoms with Crippen LogP contribution in [0.3, 0.4) is 0 Å². The van der Waals surface area contributed by atoms with Gasteiger partial charge in [0.2, 0.25) is 0 Å². The number of carbonyl (C=O) groups is 1. The molecule has 18 heavy (non-hydrogen) atoms. The Morgan fingerprint density at radius 1 is 1.50 bits per heavy atom. The van der Waals surface area contributed by atoms with Gasteiger partial charge in [-0.15, -0.1) is 0 Å². The van der Waals surface area contributed by atoms with Crippen LogP contribution in [0.15, 0.2) is 36.7 Å². The Balaban J connectivity index is 2.36. The van der Waals surface area contributed by atoms with Gasteiger partial charge in [0.25, 0.3) is 0 Å². The second-order valence-electron chi connectivity index (χ2n) is 3.72. The fourth-order valence-electron chi connectivity index (χ4n) is 1.61. The van der Waals surface area contributed by atoms with E-state index in [1.807, 2.05) is 23.8 Å². The number of aromatic nitrogens is 2. The van der Waals surface area contributed by atoms with Gasteiger partial charge in [-0.05, 0) is 30.7 Å². The summed E-state index contributed by atoms with van der Waals surface area (Å²) in [5, 5.41) is 9.06. The molecule has 92 valence electrons. The number of aliphatic carboxylic acids is 1. The zero-order valence-electron chi connectivity index (χ0n) is 9.67. The van der Waals surface area contributed by atoms with Crippen LogP contribution in [-0.2, 0) is 4.79 Å². The highest BCUT2D eigenvalue weighted by atomic mass is 35.5. The van der Waals surface area contributed by atoms with E-state index in [2.05, 4.69) is 4.98 Å². The minimum absolute atomic E-state index is 0.498. The fraction of sp³-hybridized carbons (Fsp3) is 0.0769. The molecule has 0 aliphatic carbocycles. The topological polar surface area (TPSA) is 55.1 Å². The number of aryl methyl sites for hydroxylation is 1. The highest BCUT2D eigenvalue weighted by Gasteiger charge is 2.03. The van der Waals surface area contributed by atoms with Crippen molar-refractivity contribution in [3.05, 3.63) is 53.1 Å². The fourth-order valence-corrected chi connectivity index (χ4v) is 1.85. The van der Waals surface area contributed by atoms with E-state index >= 15 is 0 Å². The van der Waals surface area contributed by atoms with Crippen molar-refractivity contribution in [1.29, 1.82) is 0 Å². The molecule has 4 nitrogen and oxygen atoms in total. The van der Waals surface area contributed by atoms with Crippen LogP contribution in [0.25, 0.3) is 11.8 Å². The van der Waals surface area contributed by atoms with Crippen molar-refractivity contribution in [3.63, 3.8) is 0 Å². The third-order valence-electron chi connectivity index (χ3n) is 2.49. The molecule has 1 N–H and O–H groups in total. The number of nitrogens with zero attached hydrogens (tertiary/aromatic N) is 2. The van der Waals surface area contributed by atoms with Crippen LogP contribution in [0, 0.1) is 6.92 Å². The number of benzene rings is 1. The first-order valence-corrected chi connectivity index (χ1v) is 5.66. The number of carboxylic acid groups (broad SMARTS) is 1. The first-order chi connectivity index (χ1) is 8.58. The Bertz CT molecular complexity index is 617. The molecular formula is C13H11ClN2O2. The Morgan fingerprint density at radius 3 is 2.83 bits per heavy atom. The minimum atomic E-state index is -0.999. The van der Waals surface area contributed by atoms with Gasteiger partial charge in [-0.1, -0.05) is 17.7 Å². The molecule has 5 heteroatoms. The Hall–Kier alpha value is -2.07. The molecule has 0 spiro atoms. The summed E-state index contributed by atoms with van der Waals surface area (Å²) in [7, 11) is 0. The van der Waals surface area contributed by atoms with Crippen molar-refractivity contribution in [2.24, 2.45) is 0 Å². The number of carboxylic acids is 1. The van der Waals surface area contributed by atoms with Crippen LogP contribution >= 0.6 is 11.6 Å². The summed E-state index contributed by atoms with van der Waals surface area (Å²) >= 11 is 6.10. The van der Waals surface area contributed by atoms with E-state index < -0.39 is 5.97 Å². The lowest BCUT2D eigenvalue weighted by molar-refractivity contribution is -0.131. The second-order valence-corrected chi connectivity index (χ2v) is 4.13. The molecule has 2 rings (SSSR count). The van der Waals surface area contributed by atoms with E-state index in [0.717, 1.165) is 17.6 Å². The SMILES string of the molecule is Cc1nccn1-c1ccc(/C=C/C(=O)O)c(Cl)c1. The van der Waals surface area contributed by atoms with Gasteiger partial charge in [0.15, 0.2) is 0 Å². The molecule has 0 aliphatic heterocycles. The largest absolute Gasteiger partial charge is 0.478 e. The molecule has 0 saturated heterocycles. The molecule has 1 heterocycles. The average molecular weight is 263 g/mol. The quantitative estimate of drug-likeness (QED) is 0.866. The van der Waals surface area contributed by atoms with Crippen molar-refractivity contribution >= 4 is 23.6 Å². The van der Waals surface area contributed by atoms with Crippen molar-refractivity contribution in [3.8, 4) is 5.69 Å². The second kappa shape index (κ2) is 5.06. The lowest BCUT2D eigenvalue weighted by Gasteiger charge is -2.07. The number of imidazole rings is 1. The lowest BCUT2D eigenvalue weighted by Crippen LogP contribution is -1.95. The van der Waals surface area contributed by atoms with E-state index in [4.69, 9.17) is 16.7 Å². The first kappa shape index (κ1) is 12.4. The molecule has 0 bridgehead atoms. The number of halogens is 1. The maximum atomic E-state index is 10.4. The van der Waals surface area contributed by atoms with Gasteiger partial charge in [0.1, 0.15) is 5.82 Å². The number of hydrogen-bond acceptors (Lipinski definition) is 2. The van der Waals surface area contributed by atoms with Gasteiger partial charge in [-0.3, -0.25) is 0 Å². The Kier molecular flexibility index (Phi) is 3.48. The van der Waals surface area contributed by atoms with Gasteiger partial charge >= 0.3 is 5.97 Å². The molecule has 0 aliphatic rings. The molecule has 2 aromatic rings. The van der Waals surface area contributed by atoms with Crippen molar-refractivity contribution < 1.29 is 9.90 Å². The highest BCUT2D eigenvalue weighted by molar-refractivity contribution is 6.32. The first-order valence-electron chi connectivity index (χ1n) is 5.29. The van der Waals surface area contributed by atoms with E-state index in [1.165, 1.54) is 6.08 Å². The normalized spacial score (nSPS) is 11.0. The molecule has 0 atom stereocenters. The summed E-state index contributed by atoms with van der Waals surface area (Å²) in [5.74, 6) is -0.138.